The minimum absolute atomic E-state index is 0.335. The first kappa shape index (κ1) is 9.15. The summed E-state index contributed by atoms with van der Waals surface area (Å²) in [6.07, 6.45) is 3.27. The molecular weight excluding hydrogens is 190 g/mol. The van der Waals surface area contributed by atoms with Gasteiger partial charge in [0, 0.05) is 6.20 Å². The largest absolute Gasteiger partial charge is 0.262 e. The first-order chi connectivity index (χ1) is 5.79. The maximum atomic E-state index is 4.63. The fourth-order valence-electron chi connectivity index (χ4n) is 0.606. The van der Waals surface area contributed by atoms with E-state index < -0.39 is 0 Å². The van der Waals surface area contributed by atoms with Gasteiger partial charge in [0.05, 0.1) is 11.9 Å². The summed E-state index contributed by atoms with van der Waals surface area (Å²) in [4.78, 5) is 4.02. The maximum Gasteiger partial charge on any atom is 0.150 e. The average Bonchev–Trinajstić information content (AvgIpc) is 2.05. The van der Waals surface area contributed by atoms with Crippen LogP contribution in [0.3, 0.4) is 0 Å². The quantitative estimate of drug-likeness (QED) is 0.324. The molecule has 62 valence electrons. The molecule has 3 nitrogen and oxygen atoms in total. The van der Waals surface area contributed by atoms with Crippen LogP contribution >= 0.6 is 24.8 Å². The molecule has 0 aliphatic heterocycles. The van der Waals surface area contributed by atoms with E-state index in [1.165, 1.54) is 0 Å². The number of thiol groups is 1. The van der Waals surface area contributed by atoms with Gasteiger partial charge in [-0.1, -0.05) is 18.3 Å². The molecule has 0 aliphatic carbocycles. The summed E-state index contributed by atoms with van der Waals surface area (Å²) >= 11 is 8.46. The van der Waals surface area contributed by atoms with Crippen molar-refractivity contribution in [1.82, 2.24) is 10.4 Å². The van der Waals surface area contributed by atoms with Crippen molar-refractivity contribution >= 4 is 35.4 Å². The molecule has 5 heteroatoms. The van der Waals surface area contributed by atoms with E-state index >= 15 is 0 Å². The Labute approximate surface area is 81.3 Å². The molecule has 1 aromatic heterocycles. The van der Waals surface area contributed by atoms with Crippen LogP contribution in [0, 0.1) is 0 Å². The van der Waals surface area contributed by atoms with Gasteiger partial charge in [-0.3, -0.25) is 10.4 Å². The van der Waals surface area contributed by atoms with Crippen molar-refractivity contribution in [1.29, 1.82) is 0 Å². The second-order valence-corrected chi connectivity index (χ2v) is 3.09. The Morgan fingerprint density at radius 3 is 3.08 bits per heavy atom. The van der Waals surface area contributed by atoms with Crippen LogP contribution in [0.5, 0.6) is 0 Å². The highest BCUT2D eigenvalue weighted by Crippen LogP contribution is 1.87. The molecule has 1 aromatic rings. The first-order valence-corrected chi connectivity index (χ1v) is 4.07. The number of hydrogen-bond acceptors (Lipinski definition) is 3. The van der Waals surface area contributed by atoms with E-state index in [4.69, 9.17) is 0 Å². The van der Waals surface area contributed by atoms with Crippen molar-refractivity contribution in [2.24, 2.45) is 5.10 Å². The standard InChI is InChI=1S/C7H7N3S2/c11-7(12)10-9-5-6-3-1-2-4-8-6/h1-5H,(H2,10,11,12). The van der Waals surface area contributed by atoms with Gasteiger partial charge in [-0.05, 0) is 12.1 Å². The molecule has 0 spiro atoms. The number of nitrogens with one attached hydrogen (secondary N) is 1. The lowest BCUT2D eigenvalue weighted by atomic mass is 10.4. The van der Waals surface area contributed by atoms with Crippen molar-refractivity contribution in [3.8, 4) is 0 Å². The zero-order valence-corrected chi connectivity index (χ0v) is 7.85. The van der Waals surface area contributed by atoms with Gasteiger partial charge in [-0.15, -0.1) is 12.6 Å². The molecule has 0 atom stereocenters. The Morgan fingerprint density at radius 2 is 2.50 bits per heavy atom. The normalized spacial score (nSPS) is 10.1. The summed E-state index contributed by atoms with van der Waals surface area (Å²) in [6.45, 7) is 0. The lowest BCUT2D eigenvalue weighted by molar-refractivity contribution is 1.07. The number of hydrogen-bond donors (Lipinski definition) is 2. The zero-order chi connectivity index (χ0) is 8.81. The molecule has 1 heterocycles. The van der Waals surface area contributed by atoms with Crippen LogP contribution in [-0.4, -0.2) is 15.5 Å². The van der Waals surface area contributed by atoms with Gasteiger partial charge in [0.15, 0.2) is 4.32 Å². The second-order valence-electron chi connectivity index (χ2n) is 1.93. The highest BCUT2D eigenvalue weighted by Gasteiger charge is 1.84. The summed E-state index contributed by atoms with van der Waals surface area (Å²) in [5.41, 5.74) is 3.29. The van der Waals surface area contributed by atoms with Gasteiger partial charge >= 0.3 is 0 Å². The van der Waals surface area contributed by atoms with E-state index in [-0.39, 0.29) is 0 Å². The first-order valence-electron chi connectivity index (χ1n) is 3.22. The van der Waals surface area contributed by atoms with Gasteiger partial charge in [0.2, 0.25) is 0 Å². The number of aromatic nitrogens is 1. The molecule has 1 rings (SSSR count). The number of pyridine rings is 1. The molecule has 0 aliphatic rings. The third-order valence-electron chi connectivity index (χ3n) is 1.04. The summed E-state index contributed by atoms with van der Waals surface area (Å²) in [5.74, 6) is 0. The molecule has 0 radical (unpaired) electrons. The van der Waals surface area contributed by atoms with Crippen molar-refractivity contribution in [3.63, 3.8) is 0 Å². The number of rotatable bonds is 2. The Morgan fingerprint density at radius 1 is 1.67 bits per heavy atom. The highest BCUT2D eigenvalue weighted by atomic mass is 32.1. The van der Waals surface area contributed by atoms with Gasteiger partial charge < -0.3 is 0 Å². The third-order valence-corrected chi connectivity index (χ3v) is 1.24. The Balaban J connectivity index is 2.52. The van der Waals surface area contributed by atoms with Crippen LogP contribution in [0.2, 0.25) is 0 Å². The smallest absolute Gasteiger partial charge is 0.150 e. The molecule has 0 aromatic carbocycles. The van der Waals surface area contributed by atoms with E-state index in [1.54, 1.807) is 12.4 Å². The molecule has 0 saturated heterocycles. The van der Waals surface area contributed by atoms with Crippen molar-refractivity contribution in [3.05, 3.63) is 30.1 Å². The molecule has 1 N–H and O–H groups in total. The summed E-state index contributed by atoms with van der Waals surface area (Å²) in [6, 6.07) is 5.56. The van der Waals surface area contributed by atoms with Gasteiger partial charge in [-0.2, -0.15) is 5.10 Å². The van der Waals surface area contributed by atoms with Gasteiger partial charge in [0.1, 0.15) is 0 Å². The molecule has 0 amide bonds. The van der Waals surface area contributed by atoms with Crippen molar-refractivity contribution in [2.75, 3.05) is 0 Å². The zero-order valence-electron chi connectivity index (χ0n) is 6.14. The molecule has 12 heavy (non-hydrogen) atoms. The van der Waals surface area contributed by atoms with E-state index in [0.717, 1.165) is 5.69 Å². The van der Waals surface area contributed by atoms with E-state index in [0.29, 0.717) is 4.32 Å². The Kier molecular flexibility index (Phi) is 3.69. The minimum Gasteiger partial charge on any atom is -0.262 e. The second kappa shape index (κ2) is 4.84. The minimum atomic E-state index is 0.335. The van der Waals surface area contributed by atoms with Crippen molar-refractivity contribution < 1.29 is 0 Å². The van der Waals surface area contributed by atoms with Crippen LogP contribution in [0.4, 0.5) is 0 Å². The van der Waals surface area contributed by atoms with E-state index in [2.05, 4.69) is 40.4 Å². The fourth-order valence-corrected chi connectivity index (χ4v) is 0.716. The Bertz CT molecular complexity index is 284. The van der Waals surface area contributed by atoms with Gasteiger partial charge in [0.25, 0.3) is 0 Å². The lowest BCUT2D eigenvalue weighted by Crippen LogP contribution is -2.07. The lowest BCUT2D eigenvalue weighted by Gasteiger charge is -1.92. The summed E-state index contributed by atoms with van der Waals surface area (Å²) in [7, 11) is 0. The maximum absolute atomic E-state index is 4.63. The SMILES string of the molecule is S=C(S)NN=Cc1ccccn1. The van der Waals surface area contributed by atoms with Crippen LogP contribution in [0.15, 0.2) is 29.5 Å². The predicted octanol–water partition coefficient (Wildman–Crippen LogP) is 1.22. The van der Waals surface area contributed by atoms with E-state index in [1.807, 2.05) is 18.2 Å². The number of hydrazone groups is 1. The summed E-state index contributed by atoms with van der Waals surface area (Å²) < 4.78 is 0.335. The molecular formula is C7H7N3S2. The van der Waals surface area contributed by atoms with E-state index in [9.17, 15) is 0 Å². The molecule has 0 fully saturated rings. The van der Waals surface area contributed by atoms with Crippen LogP contribution in [0.25, 0.3) is 0 Å². The van der Waals surface area contributed by atoms with Gasteiger partial charge in [-0.25, -0.2) is 0 Å². The number of thiocarbonyl (C=S) groups is 1. The monoisotopic (exact) mass is 197 g/mol. The molecule has 0 saturated carbocycles. The summed E-state index contributed by atoms with van der Waals surface area (Å²) in [5, 5.41) is 3.79. The Hall–Kier alpha value is -0.940. The highest BCUT2D eigenvalue weighted by molar-refractivity contribution is 8.11. The average molecular weight is 197 g/mol. The topological polar surface area (TPSA) is 37.3 Å². The predicted molar refractivity (Wildman–Crippen MR) is 56.6 cm³/mol. The van der Waals surface area contributed by atoms with Crippen LogP contribution in [-0.2, 0) is 0 Å². The molecule has 0 unspecified atom stereocenters. The third kappa shape index (κ3) is 3.45. The fraction of sp³-hybridized carbons (Fsp3) is 0. The number of nitrogens with zero attached hydrogens (tertiary/aromatic N) is 2. The van der Waals surface area contributed by atoms with Crippen LogP contribution < -0.4 is 5.43 Å². The molecule has 0 bridgehead atoms. The van der Waals surface area contributed by atoms with Crippen molar-refractivity contribution in [2.45, 2.75) is 0 Å². The van der Waals surface area contributed by atoms with Crippen LogP contribution in [0.1, 0.15) is 5.69 Å².